The molecule has 94 valence electrons. The molecule has 2 rings (SSSR count). The third-order valence-corrected chi connectivity index (χ3v) is 3.42. The Labute approximate surface area is 117 Å². The molecule has 1 aromatic carbocycles. The Balaban J connectivity index is 2.62. The maximum absolute atomic E-state index is 11.7. The van der Waals surface area contributed by atoms with Crippen molar-refractivity contribution in [3.63, 3.8) is 0 Å². The molecular weight excluding hydrogens is 320 g/mol. The Bertz CT molecular complexity index is 655. The van der Waals surface area contributed by atoms with E-state index in [2.05, 4.69) is 25.9 Å². The number of hydrogen-bond acceptors (Lipinski definition) is 3. The Kier molecular flexibility index (Phi) is 3.73. The first-order chi connectivity index (χ1) is 8.52. The summed E-state index contributed by atoms with van der Waals surface area (Å²) >= 11 is 9.18. The Morgan fingerprint density at radius 2 is 2.22 bits per heavy atom. The van der Waals surface area contributed by atoms with Crippen LogP contribution in [-0.2, 0) is 6.42 Å². The minimum Gasteiger partial charge on any atom is -0.493 e. The number of nitrogens with one attached hydrogen (secondary N) is 1. The van der Waals surface area contributed by atoms with Crippen LogP contribution in [0.5, 0.6) is 5.88 Å². The van der Waals surface area contributed by atoms with Gasteiger partial charge in [0.05, 0.1) is 5.56 Å². The molecule has 6 heteroatoms. The van der Waals surface area contributed by atoms with Gasteiger partial charge in [-0.3, -0.25) is 4.79 Å². The van der Waals surface area contributed by atoms with Crippen LogP contribution in [0, 0.1) is 0 Å². The van der Waals surface area contributed by atoms with Crippen LogP contribution in [-0.4, -0.2) is 15.1 Å². The van der Waals surface area contributed by atoms with Gasteiger partial charge in [-0.05, 0) is 40.5 Å². The molecule has 4 nitrogen and oxygen atoms in total. The summed E-state index contributed by atoms with van der Waals surface area (Å²) in [6.45, 7) is 1.78. The highest BCUT2D eigenvalue weighted by atomic mass is 79.9. The van der Waals surface area contributed by atoms with E-state index in [1.807, 2.05) is 0 Å². The van der Waals surface area contributed by atoms with Gasteiger partial charge in [-0.25, -0.2) is 0 Å². The van der Waals surface area contributed by atoms with E-state index in [9.17, 15) is 9.90 Å². The molecule has 0 fully saturated rings. The number of H-pyrrole nitrogens is 1. The molecule has 0 amide bonds. The number of halogens is 2. The summed E-state index contributed by atoms with van der Waals surface area (Å²) in [6, 6.07) is 5.10. The number of aromatic nitrogens is 2. The summed E-state index contributed by atoms with van der Waals surface area (Å²) in [4.78, 5) is 18.4. The van der Waals surface area contributed by atoms with Crippen molar-refractivity contribution in [2.45, 2.75) is 13.3 Å². The molecule has 0 atom stereocenters. The van der Waals surface area contributed by atoms with Crippen molar-refractivity contribution in [2.24, 2.45) is 0 Å². The summed E-state index contributed by atoms with van der Waals surface area (Å²) in [5.74, 6) is 0.0661. The van der Waals surface area contributed by atoms with Crippen molar-refractivity contribution in [3.05, 3.63) is 43.6 Å². The lowest BCUT2D eigenvalue weighted by molar-refractivity contribution is 0.444. The van der Waals surface area contributed by atoms with Gasteiger partial charge in [-0.2, -0.15) is 4.98 Å². The molecule has 0 radical (unpaired) electrons. The van der Waals surface area contributed by atoms with E-state index >= 15 is 0 Å². The Morgan fingerprint density at radius 1 is 1.50 bits per heavy atom. The molecule has 0 aliphatic heterocycles. The van der Waals surface area contributed by atoms with E-state index in [1.165, 1.54) is 0 Å². The first-order valence-electron chi connectivity index (χ1n) is 5.30. The summed E-state index contributed by atoms with van der Waals surface area (Å²) in [6.07, 6.45) is 0.427. The van der Waals surface area contributed by atoms with E-state index < -0.39 is 0 Å². The molecule has 0 spiro atoms. The van der Waals surface area contributed by atoms with Crippen LogP contribution in [0.15, 0.2) is 27.5 Å². The molecule has 0 saturated carbocycles. The van der Waals surface area contributed by atoms with Crippen molar-refractivity contribution in [1.82, 2.24) is 9.97 Å². The van der Waals surface area contributed by atoms with E-state index in [0.717, 1.165) is 0 Å². The van der Waals surface area contributed by atoms with Crippen molar-refractivity contribution in [1.29, 1.82) is 0 Å². The van der Waals surface area contributed by atoms with Gasteiger partial charge in [0.15, 0.2) is 0 Å². The summed E-state index contributed by atoms with van der Waals surface area (Å²) in [5.41, 5.74) is 0.611. The maximum atomic E-state index is 11.7. The third-order valence-electron chi connectivity index (χ3n) is 2.53. The minimum atomic E-state index is -0.332. The second kappa shape index (κ2) is 5.12. The average molecular weight is 330 g/mol. The number of hydrogen-bond donors (Lipinski definition) is 2. The summed E-state index contributed by atoms with van der Waals surface area (Å²) < 4.78 is 0.696. The number of nitrogens with zero attached hydrogens (tertiary/aromatic N) is 1. The molecule has 0 aliphatic rings. The predicted octanol–water partition coefficient (Wildman–Crippen LogP) is 3.12. The van der Waals surface area contributed by atoms with Crippen LogP contribution in [0.1, 0.15) is 12.5 Å². The second-order valence-corrected chi connectivity index (χ2v) is 4.99. The number of rotatable bonds is 2. The van der Waals surface area contributed by atoms with Crippen LogP contribution in [0.4, 0.5) is 0 Å². The van der Waals surface area contributed by atoms with Crippen LogP contribution in [0.25, 0.3) is 11.4 Å². The molecular formula is C12H10BrClN2O2. The second-order valence-electron chi connectivity index (χ2n) is 3.69. The lowest BCUT2D eigenvalue weighted by Crippen LogP contribution is -2.14. The molecule has 2 aromatic rings. The molecule has 0 aliphatic carbocycles. The minimum absolute atomic E-state index is 0.238. The van der Waals surface area contributed by atoms with Gasteiger partial charge in [-0.15, -0.1) is 0 Å². The summed E-state index contributed by atoms with van der Waals surface area (Å²) in [5, 5.41) is 10.3. The van der Waals surface area contributed by atoms with Crippen LogP contribution in [0.3, 0.4) is 0 Å². The quantitative estimate of drug-likeness (QED) is 0.889. The van der Waals surface area contributed by atoms with Gasteiger partial charge >= 0.3 is 0 Å². The standard InChI is InChI=1S/C12H10BrClN2O2/c1-2-7-11(17)15-10(16-12(7)18)8-4-3-6(14)5-9(8)13/h3-5H,2H2,1H3,(H2,15,16,17,18). The average Bonchev–Trinajstić information content (AvgIpc) is 2.28. The third kappa shape index (κ3) is 2.42. The SMILES string of the molecule is CCc1c(O)nc(-c2ccc(Cl)cc2Br)[nH]c1=O. The molecule has 0 bridgehead atoms. The number of aromatic amines is 1. The van der Waals surface area contributed by atoms with Crippen molar-refractivity contribution >= 4 is 27.5 Å². The maximum Gasteiger partial charge on any atom is 0.258 e. The number of aromatic hydroxyl groups is 1. The van der Waals surface area contributed by atoms with Crippen molar-refractivity contribution in [3.8, 4) is 17.3 Å². The first-order valence-corrected chi connectivity index (χ1v) is 6.47. The van der Waals surface area contributed by atoms with E-state index in [1.54, 1.807) is 25.1 Å². The zero-order chi connectivity index (χ0) is 13.3. The fourth-order valence-corrected chi connectivity index (χ4v) is 2.48. The van der Waals surface area contributed by atoms with E-state index in [-0.39, 0.29) is 17.0 Å². The lowest BCUT2D eigenvalue weighted by atomic mass is 10.2. The van der Waals surface area contributed by atoms with Crippen LogP contribution in [0.2, 0.25) is 5.02 Å². The van der Waals surface area contributed by atoms with Crippen LogP contribution < -0.4 is 5.56 Å². The highest BCUT2D eigenvalue weighted by Crippen LogP contribution is 2.28. The highest BCUT2D eigenvalue weighted by Gasteiger charge is 2.12. The smallest absolute Gasteiger partial charge is 0.258 e. The van der Waals surface area contributed by atoms with Gasteiger partial charge in [0.1, 0.15) is 5.82 Å². The van der Waals surface area contributed by atoms with Gasteiger partial charge in [0.2, 0.25) is 5.88 Å². The largest absolute Gasteiger partial charge is 0.493 e. The van der Waals surface area contributed by atoms with Gasteiger partial charge < -0.3 is 10.1 Å². The molecule has 2 N–H and O–H groups in total. The predicted molar refractivity (Wildman–Crippen MR) is 74.0 cm³/mol. The van der Waals surface area contributed by atoms with E-state index in [4.69, 9.17) is 11.6 Å². The van der Waals surface area contributed by atoms with Crippen molar-refractivity contribution < 1.29 is 5.11 Å². The van der Waals surface area contributed by atoms with Crippen LogP contribution >= 0.6 is 27.5 Å². The lowest BCUT2D eigenvalue weighted by Gasteiger charge is -2.06. The molecule has 1 aromatic heterocycles. The van der Waals surface area contributed by atoms with Gasteiger partial charge in [0.25, 0.3) is 5.56 Å². The van der Waals surface area contributed by atoms with E-state index in [0.29, 0.717) is 27.3 Å². The highest BCUT2D eigenvalue weighted by molar-refractivity contribution is 9.10. The van der Waals surface area contributed by atoms with Gasteiger partial charge in [0, 0.05) is 15.1 Å². The fraction of sp³-hybridized carbons (Fsp3) is 0.167. The number of benzene rings is 1. The monoisotopic (exact) mass is 328 g/mol. The fourth-order valence-electron chi connectivity index (χ4n) is 1.61. The zero-order valence-electron chi connectivity index (χ0n) is 9.50. The topological polar surface area (TPSA) is 66.0 Å². The summed E-state index contributed by atoms with van der Waals surface area (Å²) in [7, 11) is 0. The molecule has 1 heterocycles. The Hall–Kier alpha value is -1.33. The van der Waals surface area contributed by atoms with Gasteiger partial charge in [-0.1, -0.05) is 18.5 Å². The molecule has 0 unspecified atom stereocenters. The molecule has 18 heavy (non-hydrogen) atoms. The van der Waals surface area contributed by atoms with Crippen molar-refractivity contribution in [2.75, 3.05) is 0 Å². The Morgan fingerprint density at radius 3 is 2.78 bits per heavy atom. The first kappa shape index (κ1) is 13.1. The normalized spacial score (nSPS) is 10.6. The zero-order valence-corrected chi connectivity index (χ0v) is 11.8. The molecule has 0 saturated heterocycles.